The second-order valence-corrected chi connectivity index (χ2v) is 7.08. The van der Waals surface area contributed by atoms with Crippen molar-refractivity contribution in [1.29, 1.82) is 0 Å². The highest BCUT2D eigenvalue weighted by atomic mass is 15.3. The molecule has 0 saturated carbocycles. The van der Waals surface area contributed by atoms with Gasteiger partial charge in [-0.2, -0.15) is 5.10 Å². The molecule has 1 fully saturated rings. The summed E-state index contributed by atoms with van der Waals surface area (Å²) in [4.78, 5) is 2.69. The van der Waals surface area contributed by atoms with Crippen LogP contribution in [-0.2, 0) is 13.5 Å². The Hall–Kier alpha value is -0.870. The summed E-state index contributed by atoms with van der Waals surface area (Å²) in [6, 6.07) is 1.18. The zero-order valence-corrected chi connectivity index (χ0v) is 13.8. The molecule has 0 amide bonds. The minimum atomic E-state index is 0.506. The van der Waals surface area contributed by atoms with Crippen molar-refractivity contribution in [2.24, 2.45) is 13.0 Å². The van der Waals surface area contributed by atoms with E-state index in [1.807, 2.05) is 0 Å². The minimum absolute atomic E-state index is 0.506. The second-order valence-electron chi connectivity index (χ2n) is 7.08. The molecule has 0 spiro atoms. The van der Waals surface area contributed by atoms with Gasteiger partial charge in [-0.15, -0.1) is 0 Å². The van der Waals surface area contributed by atoms with Crippen molar-refractivity contribution >= 4 is 0 Å². The van der Waals surface area contributed by atoms with Crippen LogP contribution in [0, 0.1) is 5.92 Å². The lowest BCUT2D eigenvalue weighted by atomic mass is 9.92. The molecule has 1 aromatic heterocycles. The average molecular weight is 290 g/mol. The first-order valence-corrected chi connectivity index (χ1v) is 8.65. The van der Waals surface area contributed by atoms with Crippen LogP contribution in [0.5, 0.6) is 0 Å². The SMILES string of the molecule is CC(C)C(CNC1CCCc2c1cnn2C)N1CCCC1. The normalized spacial score (nSPS) is 24.5. The van der Waals surface area contributed by atoms with Gasteiger partial charge in [0.1, 0.15) is 0 Å². The van der Waals surface area contributed by atoms with Crippen LogP contribution in [-0.4, -0.2) is 40.4 Å². The molecule has 21 heavy (non-hydrogen) atoms. The number of nitrogens with one attached hydrogen (secondary N) is 1. The van der Waals surface area contributed by atoms with Crippen LogP contribution in [0.4, 0.5) is 0 Å². The fraction of sp³-hybridized carbons (Fsp3) is 0.824. The molecule has 1 aliphatic carbocycles. The van der Waals surface area contributed by atoms with Crippen LogP contribution in [0.3, 0.4) is 0 Å². The monoisotopic (exact) mass is 290 g/mol. The molecule has 4 heteroatoms. The van der Waals surface area contributed by atoms with Gasteiger partial charge in [0.2, 0.25) is 0 Å². The summed E-state index contributed by atoms with van der Waals surface area (Å²) in [7, 11) is 2.07. The van der Waals surface area contributed by atoms with E-state index in [1.165, 1.54) is 56.5 Å². The van der Waals surface area contributed by atoms with Crippen LogP contribution in [0.15, 0.2) is 6.20 Å². The zero-order chi connectivity index (χ0) is 14.8. The van der Waals surface area contributed by atoms with Gasteiger partial charge in [-0.1, -0.05) is 13.8 Å². The summed E-state index contributed by atoms with van der Waals surface area (Å²) in [5, 5.41) is 8.31. The lowest BCUT2D eigenvalue weighted by molar-refractivity contribution is 0.180. The smallest absolute Gasteiger partial charge is 0.0540 e. The van der Waals surface area contributed by atoms with Gasteiger partial charge in [-0.05, 0) is 51.1 Å². The number of fused-ring (bicyclic) bond motifs is 1. The van der Waals surface area contributed by atoms with E-state index in [4.69, 9.17) is 0 Å². The summed E-state index contributed by atoms with van der Waals surface area (Å²) >= 11 is 0. The van der Waals surface area contributed by atoms with E-state index in [0.29, 0.717) is 18.0 Å². The molecule has 4 nitrogen and oxygen atoms in total. The number of aryl methyl sites for hydroxylation is 1. The van der Waals surface area contributed by atoms with Crippen molar-refractivity contribution in [3.63, 3.8) is 0 Å². The summed E-state index contributed by atoms with van der Waals surface area (Å²) in [6.07, 6.45) is 8.54. The van der Waals surface area contributed by atoms with Gasteiger partial charge in [0.15, 0.2) is 0 Å². The number of hydrogen-bond acceptors (Lipinski definition) is 3. The summed E-state index contributed by atoms with van der Waals surface area (Å²) in [5.74, 6) is 0.715. The maximum Gasteiger partial charge on any atom is 0.0540 e. The van der Waals surface area contributed by atoms with Crippen LogP contribution in [0.2, 0.25) is 0 Å². The first-order valence-electron chi connectivity index (χ1n) is 8.65. The van der Waals surface area contributed by atoms with Crippen LogP contribution < -0.4 is 5.32 Å². The maximum atomic E-state index is 4.45. The third-order valence-corrected chi connectivity index (χ3v) is 5.33. The van der Waals surface area contributed by atoms with Gasteiger partial charge in [0.25, 0.3) is 0 Å². The third-order valence-electron chi connectivity index (χ3n) is 5.33. The molecule has 0 aromatic carbocycles. The Morgan fingerprint density at radius 2 is 2.05 bits per heavy atom. The maximum absolute atomic E-state index is 4.45. The summed E-state index contributed by atoms with van der Waals surface area (Å²) in [6.45, 7) is 8.40. The molecular weight excluding hydrogens is 260 g/mol. The van der Waals surface area contributed by atoms with Gasteiger partial charge in [0, 0.05) is 36.9 Å². The van der Waals surface area contributed by atoms with Gasteiger partial charge in [-0.25, -0.2) is 0 Å². The highest BCUT2D eigenvalue weighted by molar-refractivity contribution is 5.24. The molecule has 2 heterocycles. The molecule has 2 atom stereocenters. The molecule has 3 rings (SSSR count). The quantitative estimate of drug-likeness (QED) is 0.904. The Bertz CT molecular complexity index is 459. The Kier molecular flexibility index (Phi) is 4.65. The molecule has 1 saturated heterocycles. The molecular formula is C17H30N4. The van der Waals surface area contributed by atoms with Crippen molar-refractivity contribution in [3.05, 3.63) is 17.5 Å². The summed E-state index contributed by atoms with van der Waals surface area (Å²) in [5.41, 5.74) is 2.87. The Morgan fingerprint density at radius 3 is 2.76 bits per heavy atom. The highest BCUT2D eigenvalue weighted by Gasteiger charge is 2.27. The number of nitrogens with zero attached hydrogens (tertiary/aromatic N) is 3. The molecule has 1 aliphatic heterocycles. The van der Waals surface area contributed by atoms with E-state index in [-0.39, 0.29) is 0 Å². The van der Waals surface area contributed by atoms with Gasteiger partial charge in [0.05, 0.1) is 6.20 Å². The standard InChI is InChI=1S/C17H30N4/c1-13(2)17(21-9-4-5-10-21)12-18-15-7-6-8-16-14(15)11-19-20(16)3/h11,13,15,17-18H,4-10,12H2,1-3H3. The fourth-order valence-corrected chi connectivity index (χ4v) is 4.04. The van der Waals surface area contributed by atoms with E-state index < -0.39 is 0 Å². The first kappa shape index (κ1) is 15.0. The average Bonchev–Trinajstić information content (AvgIpc) is 3.10. The van der Waals surface area contributed by atoms with E-state index in [9.17, 15) is 0 Å². The summed E-state index contributed by atoms with van der Waals surface area (Å²) < 4.78 is 2.06. The number of hydrogen-bond donors (Lipinski definition) is 1. The lowest BCUT2D eigenvalue weighted by Gasteiger charge is -2.33. The van der Waals surface area contributed by atoms with Crippen molar-refractivity contribution in [1.82, 2.24) is 20.0 Å². The van der Waals surface area contributed by atoms with E-state index in [2.05, 4.69) is 47.1 Å². The minimum Gasteiger partial charge on any atom is -0.308 e. The van der Waals surface area contributed by atoms with Crippen molar-refractivity contribution in [2.45, 2.75) is 58.0 Å². The molecule has 0 radical (unpaired) electrons. The fourth-order valence-electron chi connectivity index (χ4n) is 4.04. The number of aromatic nitrogens is 2. The van der Waals surface area contributed by atoms with Crippen molar-refractivity contribution < 1.29 is 0 Å². The predicted molar refractivity (Wildman–Crippen MR) is 86.3 cm³/mol. The molecule has 2 aliphatic rings. The Morgan fingerprint density at radius 1 is 1.29 bits per heavy atom. The first-order chi connectivity index (χ1) is 10.2. The highest BCUT2D eigenvalue weighted by Crippen LogP contribution is 2.29. The van der Waals surface area contributed by atoms with Gasteiger partial charge < -0.3 is 5.32 Å². The number of rotatable bonds is 5. The zero-order valence-electron chi connectivity index (χ0n) is 13.8. The molecule has 118 valence electrons. The third kappa shape index (κ3) is 3.16. The largest absolute Gasteiger partial charge is 0.308 e. The van der Waals surface area contributed by atoms with E-state index >= 15 is 0 Å². The molecule has 2 unspecified atom stereocenters. The number of likely N-dealkylation sites (tertiary alicyclic amines) is 1. The van der Waals surface area contributed by atoms with Crippen LogP contribution >= 0.6 is 0 Å². The molecule has 1 N–H and O–H groups in total. The Labute approximate surface area is 128 Å². The van der Waals surface area contributed by atoms with E-state index in [0.717, 1.165) is 6.54 Å². The topological polar surface area (TPSA) is 33.1 Å². The second kappa shape index (κ2) is 6.49. The van der Waals surface area contributed by atoms with Crippen molar-refractivity contribution in [2.75, 3.05) is 19.6 Å². The van der Waals surface area contributed by atoms with Crippen LogP contribution in [0.1, 0.15) is 56.8 Å². The van der Waals surface area contributed by atoms with E-state index in [1.54, 1.807) is 0 Å². The Balaban J connectivity index is 1.64. The van der Waals surface area contributed by atoms with Crippen LogP contribution in [0.25, 0.3) is 0 Å². The molecule has 0 bridgehead atoms. The lowest BCUT2D eigenvalue weighted by Crippen LogP contribution is -2.45. The molecule has 1 aromatic rings. The van der Waals surface area contributed by atoms with Gasteiger partial charge in [-0.3, -0.25) is 9.58 Å². The van der Waals surface area contributed by atoms with Crippen molar-refractivity contribution in [3.8, 4) is 0 Å². The van der Waals surface area contributed by atoms with Gasteiger partial charge >= 0.3 is 0 Å². The predicted octanol–water partition coefficient (Wildman–Crippen LogP) is 2.51.